The van der Waals surface area contributed by atoms with Crippen LogP contribution < -0.4 is 10.4 Å². The summed E-state index contributed by atoms with van der Waals surface area (Å²) in [7, 11) is -2.83. The van der Waals surface area contributed by atoms with Crippen molar-refractivity contribution in [3.05, 3.63) is 144 Å². The number of hydrogen-bond donors (Lipinski definition) is 0. The number of benzene rings is 4. The van der Waals surface area contributed by atoms with Crippen molar-refractivity contribution in [3.63, 3.8) is 0 Å². The molecule has 5 heterocycles. The summed E-state index contributed by atoms with van der Waals surface area (Å²) in [4.78, 5) is 28.8. The Morgan fingerprint density at radius 3 is 1.78 bits per heavy atom. The fraction of sp³-hybridized carbons (Fsp3) is 0.491. The average molecular weight is 899 g/mol. The van der Waals surface area contributed by atoms with Gasteiger partial charge in [-0.3, -0.25) is 4.79 Å². The lowest BCUT2D eigenvalue weighted by Gasteiger charge is -2.59. The van der Waals surface area contributed by atoms with Crippen LogP contribution in [0.25, 0.3) is 0 Å². The topological polar surface area (TPSA) is 98.8 Å². The number of fused-ring (bicyclic) bond motifs is 1. The standard InChI is InChI=1S/C55H66O9Si/c1-39-35-48(40(2)38-58-65(51(3,4)5,44-25-15-9-16-26-44)45-27-17-10-18-28-45)60-53(36-39)49(56)32-31-43(59-53)37-52(6)50(57)63-54(33-19-29-46(61-54)41-21-11-7-12-22-41)55(64-52)34-20-30-47(62-55)42-23-13-8-14-24-42/h7-18,21-28,36,40,43,46-48H,19-20,29-35,37-38H2,1-6H3/t40-,43+,46+,47+,48+,52-,53-,54?,55?/m1/s1. The highest BCUT2D eigenvalue weighted by Crippen LogP contribution is 2.57. The van der Waals surface area contributed by atoms with E-state index in [4.69, 9.17) is 32.8 Å². The van der Waals surface area contributed by atoms with Crippen LogP contribution in [-0.2, 0) is 42.4 Å². The second kappa shape index (κ2) is 18.1. The Morgan fingerprint density at radius 1 is 0.708 bits per heavy atom. The van der Waals surface area contributed by atoms with Gasteiger partial charge in [-0.25, -0.2) is 4.79 Å². The molecule has 9 nitrogen and oxygen atoms in total. The molecule has 9 rings (SSSR count). The highest BCUT2D eigenvalue weighted by molar-refractivity contribution is 6.99. The molecule has 0 aliphatic carbocycles. The number of ether oxygens (including phenoxy) is 6. The predicted molar refractivity (Wildman–Crippen MR) is 252 cm³/mol. The zero-order valence-corrected chi connectivity index (χ0v) is 40.0. The molecular weight excluding hydrogens is 833 g/mol. The number of hydrogen-bond acceptors (Lipinski definition) is 9. The molecule has 4 saturated heterocycles. The van der Waals surface area contributed by atoms with Crippen molar-refractivity contribution >= 4 is 30.4 Å². The Hall–Kier alpha value is -4.26. The first-order chi connectivity index (χ1) is 31.2. The third-order valence-corrected chi connectivity index (χ3v) is 19.6. The molecule has 344 valence electrons. The van der Waals surface area contributed by atoms with E-state index < -0.39 is 43.4 Å². The summed E-state index contributed by atoms with van der Waals surface area (Å²) in [5.41, 5.74) is 1.58. The second-order valence-corrected chi connectivity index (χ2v) is 24.7. The van der Waals surface area contributed by atoms with Gasteiger partial charge in [-0.2, -0.15) is 0 Å². The minimum atomic E-state index is -2.83. The van der Waals surface area contributed by atoms with Gasteiger partial charge in [0.25, 0.3) is 14.1 Å². The third kappa shape index (κ3) is 8.65. The van der Waals surface area contributed by atoms with Crippen molar-refractivity contribution in [2.45, 2.75) is 158 Å². The Morgan fingerprint density at radius 2 is 1.23 bits per heavy atom. The minimum absolute atomic E-state index is 0.0876. The van der Waals surface area contributed by atoms with E-state index in [1.807, 2.05) is 61.5 Å². The lowest BCUT2D eigenvalue weighted by atomic mass is 9.82. The van der Waals surface area contributed by atoms with Crippen molar-refractivity contribution in [2.24, 2.45) is 5.92 Å². The highest BCUT2D eigenvalue weighted by atomic mass is 28.4. The SMILES string of the molecule is CC1=C[C@@]2(O[C@H](C[C@@]3(C)OC4(CCC[C@@H](c5ccccc5)O4)C4(CCC[C@@H](c5ccccc5)O4)OC3=O)CCC2=O)O[C@H]([C@H](C)CO[Si](c2ccccc2)(c2ccccc2)C(C)(C)C)C1. The molecule has 2 unspecified atom stereocenters. The van der Waals surface area contributed by atoms with Gasteiger partial charge in [0, 0.05) is 38.2 Å². The smallest absolute Gasteiger partial charge is 0.341 e. The molecule has 4 aromatic carbocycles. The van der Waals surface area contributed by atoms with Crippen LogP contribution in [0.4, 0.5) is 0 Å². The number of Topliss-reactive ketones (excluding diaryl/α,β-unsaturated/α-hetero) is 1. The van der Waals surface area contributed by atoms with Crippen molar-refractivity contribution < 1.29 is 42.4 Å². The first-order valence-corrected chi connectivity index (χ1v) is 25.8. The maximum absolute atomic E-state index is 14.7. The zero-order valence-electron chi connectivity index (χ0n) is 39.0. The van der Waals surface area contributed by atoms with Crippen molar-refractivity contribution in [1.29, 1.82) is 0 Å². The first-order valence-electron chi connectivity index (χ1n) is 23.9. The summed E-state index contributed by atoms with van der Waals surface area (Å²) < 4.78 is 49.2. The van der Waals surface area contributed by atoms with Gasteiger partial charge in [-0.15, -0.1) is 0 Å². The van der Waals surface area contributed by atoms with E-state index in [-0.39, 0.29) is 47.9 Å². The number of carbonyl (C=O) groups excluding carboxylic acids is 2. The number of esters is 1. The predicted octanol–water partition coefficient (Wildman–Crippen LogP) is 10.4. The van der Waals surface area contributed by atoms with Crippen LogP contribution in [0.2, 0.25) is 5.04 Å². The van der Waals surface area contributed by atoms with Crippen LogP contribution in [0.1, 0.15) is 129 Å². The van der Waals surface area contributed by atoms with Gasteiger partial charge in [0.05, 0.1) is 24.4 Å². The minimum Gasteiger partial charge on any atom is -0.425 e. The molecule has 5 aliphatic rings. The summed E-state index contributed by atoms with van der Waals surface area (Å²) in [6.07, 6.45) is 5.75. The van der Waals surface area contributed by atoms with Crippen LogP contribution in [0.5, 0.6) is 0 Å². The molecule has 0 bridgehead atoms. The Balaban J connectivity index is 0.967. The molecule has 3 spiro atoms. The van der Waals surface area contributed by atoms with Crippen LogP contribution in [0, 0.1) is 5.92 Å². The molecule has 5 aliphatic heterocycles. The molecule has 0 saturated carbocycles. The van der Waals surface area contributed by atoms with Gasteiger partial charge in [-0.1, -0.05) is 155 Å². The fourth-order valence-corrected chi connectivity index (χ4v) is 15.9. The summed E-state index contributed by atoms with van der Waals surface area (Å²) in [5.74, 6) is -5.21. The largest absolute Gasteiger partial charge is 0.425 e. The molecule has 65 heavy (non-hydrogen) atoms. The van der Waals surface area contributed by atoms with Crippen molar-refractivity contribution in [1.82, 2.24) is 0 Å². The molecule has 0 radical (unpaired) electrons. The van der Waals surface area contributed by atoms with E-state index in [0.29, 0.717) is 32.3 Å². The lowest BCUT2D eigenvalue weighted by molar-refractivity contribution is -0.474. The zero-order chi connectivity index (χ0) is 45.5. The van der Waals surface area contributed by atoms with Gasteiger partial charge in [0.2, 0.25) is 11.6 Å². The molecule has 4 aromatic rings. The van der Waals surface area contributed by atoms with E-state index in [1.165, 1.54) is 10.4 Å². The van der Waals surface area contributed by atoms with Crippen LogP contribution in [0.3, 0.4) is 0 Å². The van der Waals surface area contributed by atoms with Crippen molar-refractivity contribution in [3.8, 4) is 0 Å². The summed E-state index contributed by atoms with van der Waals surface area (Å²) in [6, 6.07) is 41.5. The third-order valence-electron chi connectivity index (χ3n) is 14.6. The summed E-state index contributed by atoms with van der Waals surface area (Å²) in [5, 5.41) is 2.23. The van der Waals surface area contributed by atoms with E-state index in [1.54, 1.807) is 6.92 Å². The molecule has 10 heteroatoms. The summed E-state index contributed by atoms with van der Waals surface area (Å²) in [6.45, 7) is 13.2. The molecular formula is C55H66O9Si. The van der Waals surface area contributed by atoms with Gasteiger partial charge in [-0.05, 0) is 85.0 Å². The van der Waals surface area contributed by atoms with Gasteiger partial charge in [0.1, 0.15) is 0 Å². The second-order valence-electron chi connectivity index (χ2n) is 20.4. The Labute approximate surface area is 386 Å². The van der Waals surface area contributed by atoms with Gasteiger partial charge in [0.15, 0.2) is 11.4 Å². The van der Waals surface area contributed by atoms with Gasteiger partial charge >= 0.3 is 5.97 Å². The van der Waals surface area contributed by atoms with Crippen LogP contribution in [-0.4, -0.2) is 61.8 Å². The Kier molecular flexibility index (Phi) is 12.8. The average Bonchev–Trinajstić information content (AvgIpc) is 3.31. The normalized spacial score (nSPS) is 32.6. The lowest BCUT2D eigenvalue weighted by Crippen LogP contribution is -2.72. The van der Waals surface area contributed by atoms with Crippen LogP contribution in [0.15, 0.2) is 133 Å². The number of rotatable bonds is 10. The number of ketones is 1. The maximum atomic E-state index is 14.7. The quantitative estimate of drug-likeness (QED) is 0.0875. The van der Waals surface area contributed by atoms with Gasteiger partial charge < -0.3 is 32.8 Å². The summed E-state index contributed by atoms with van der Waals surface area (Å²) >= 11 is 0. The monoisotopic (exact) mass is 898 g/mol. The molecule has 4 fully saturated rings. The van der Waals surface area contributed by atoms with E-state index >= 15 is 0 Å². The first kappa shape index (κ1) is 45.9. The van der Waals surface area contributed by atoms with E-state index in [2.05, 4.69) is 100 Å². The highest BCUT2D eigenvalue weighted by Gasteiger charge is 2.70. The number of carbonyl (C=O) groups is 2. The van der Waals surface area contributed by atoms with Crippen LogP contribution >= 0.6 is 0 Å². The van der Waals surface area contributed by atoms with E-state index in [9.17, 15) is 9.59 Å². The van der Waals surface area contributed by atoms with E-state index in [0.717, 1.165) is 42.4 Å². The molecule has 0 amide bonds. The molecule has 9 atom stereocenters. The molecule has 0 aromatic heterocycles. The Bertz CT molecular complexity index is 2280. The van der Waals surface area contributed by atoms with Crippen molar-refractivity contribution in [2.75, 3.05) is 6.61 Å². The molecule has 0 N–H and O–H groups in total. The maximum Gasteiger partial charge on any atom is 0.341 e. The fourth-order valence-electron chi connectivity index (χ4n) is 11.3.